The molecule has 5 heteroatoms. The number of fused-ring (bicyclic) bond motifs is 1. The minimum atomic E-state index is -2.56. The molecule has 65 heavy (non-hydrogen) atoms. The van der Waals surface area contributed by atoms with Gasteiger partial charge in [-0.05, 0) is 123 Å². The third-order valence-electron chi connectivity index (χ3n) is 12.6. The summed E-state index contributed by atoms with van der Waals surface area (Å²) in [4.78, 5) is 10.4. The summed E-state index contributed by atoms with van der Waals surface area (Å²) in [5.74, 6) is -0.133. The third kappa shape index (κ3) is 9.30. The molecule has 6 aromatic carbocycles. The van der Waals surface area contributed by atoms with E-state index in [9.17, 15) is 5.11 Å². The monoisotopic (exact) mass is 1040 g/mol. The van der Waals surface area contributed by atoms with Crippen LogP contribution in [0.15, 0.2) is 121 Å². The summed E-state index contributed by atoms with van der Waals surface area (Å²) in [6, 6.07) is 42.6. The second-order valence-electron chi connectivity index (χ2n) is 19.7. The van der Waals surface area contributed by atoms with E-state index in [1.165, 1.54) is 5.56 Å². The van der Waals surface area contributed by atoms with E-state index in [1.807, 2.05) is 79.2 Å². The van der Waals surface area contributed by atoms with Crippen molar-refractivity contribution in [1.29, 1.82) is 0 Å². The van der Waals surface area contributed by atoms with Gasteiger partial charge in [0.25, 0.3) is 0 Å². The van der Waals surface area contributed by atoms with Crippen LogP contribution in [0, 0.1) is 19.8 Å². The second-order valence-corrected chi connectivity index (χ2v) is 19.7. The van der Waals surface area contributed by atoms with Gasteiger partial charge in [-0.15, -0.1) is 29.3 Å². The normalized spacial score (nSPS) is 13.2. The van der Waals surface area contributed by atoms with Gasteiger partial charge in [-0.2, -0.15) is 0 Å². The molecule has 0 amide bonds. The molecule has 2 heterocycles. The second kappa shape index (κ2) is 18.7. The van der Waals surface area contributed by atoms with E-state index in [-0.39, 0.29) is 55.5 Å². The number of phenolic OH excluding ortho intramolecular Hbond substituents is 1. The van der Waals surface area contributed by atoms with Crippen molar-refractivity contribution in [3.05, 3.63) is 166 Å². The third-order valence-corrected chi connectivity index (χ3v) is 12.6. The number of phenols is 1. The number of pyridine rings is 1. The van der Waals surface area contributed by atoms with Crippen molar-refractivity contribution < 1.29 is 31.7 Å². The van der Waals surface area contributed by atoms with Gasteiger partial charge in [0, 0.05) is 38.4 Å². The minimum absolute atomic E-state index is 0. The molecular weight excluding hydrogens is 974 g/mol. The van der Waals surface area contributed by atoms with Crippen molar-refractivity contribution in [3.63, 3.8) is 0 Å². The Morgan fingerprint density at radius 2 is 1.35 bits per heavy atom. The number of hydrogen-bond acceptors (Lipinski definition) is 3. The van der Waals surface area contributed by atoms with Gasteiger partial charge in [-0.25, -0.2) is 4.98 Å². The van der Waals surface area contributed by atoms with E-state index in [4.69, 9.17) is 15.5 Å². The molecule has 336 valence electrons. The molecule has 0 saturated heterocycles. The van der Waals surface area contributed by atoms with Gasteiger partial charge in [0.2, 0.25) is 0 Å². The number of nitrogens with zero attached hydrogens (tertiary/aromatic N) is 3. The predicted octanol–water partition coefficient (Wildman–Crippen LogP) is 16.7. The molecule has 0 aliphatic rings. The Morgan fingerprint density at radius 1 is 0.677 bits per heavy atom. The summed E-state index contributed by atoms with van der Waals surface area (Å²) in [5.41, 5.74) is 15.2. The molecule has 0 saturated carbocycles. The number of aromatic hydroxyl groups is 1. The Hall–Kier alpha value is -5.57. The first-order valence-electron chi connectivity index (χ1n) is 24.7. The summed E-state index contributed by atoms with van der Waals surface area (Å²) < 4.78 is 38.5. The molecule has 0 bridgehead atoms. The van der Waals surface area contributed by atoms with Crippen molar-refractivity contribution >= 4 is 11.0 Å². The number of rotatable bonds is 10. The van der Waals surface area contributed by atoms with Gasteiger partial charge in [-0.1, -0.05) is 166 Å². The predicted molar refractivity (Wildman–Crippen MR) is 271 cm³/mol. The quantitative estimate of drug-likeness (QED) is 0.139. The maximum absolute atomic E-state index is 12.3. The van der Waals surface area contributed by atoms with Gasteiger partial charge in [-0.3, -0.25) is 9.55 Å². The zero-order chi connectivity index (χ0) is 49.2. The van der Waals surface area contributed by atoms with Crippen LogP contribution in [0.25, 0.3) is 72.7 Å². The van der Waals surface area contributed by atoms with Crippen molar-refractivity contribution in [2.45, 2.75) is 119 Å². The first-order valence-corrected chi connectivity index (χ1v) is 22.7. The summed E-state index contributed by atoms with van der Waals surface area (Å²) in [6.07, 6.45) is 1.85. The molecule has 0 fully saturated rings. The molecule has 8 rings (SSSR count). The molecule has 0 radical (unpaired) electrons. The van der Waals surface area contributed by atoms with Crippen LogP contribution in [-0.4, -0.2) is 19.6 Å². The van der Waals surface area contributed by atoms with Crippen LogP contribution in [0.1, 0.15) is 144 Å². The topological polar surface area (TPSA) is 50.9 Å². The maximum Gasteiger partial charge on any atom is 0.148 e. The van der Waals surface area contributed by atoms with E-state index in [0.717, 1.165) is 72.5 Å². The van der Waals surface area contributed by atoms with Gasteiger partial charge < -0.3 is 5.11 Å². The molecule has 0 unspecified atom stereocenters. The summed E-state index contributed by atoms with van der Waals surface area (Å²) >= 11 is 0. The molecule has 0 atom stereocenters. The van der Waals surface area contributed by atoms with Crippen molar-refractivity contribution in [3.8, 4) is 67.5 Å². The Labute approximate surface area is 408 Å². The Morgan fingerprint density at radius 3 is 2.02 bits per heavy atom. The largest absolute Gasteiger partial charge is 0.507 e. The number of imidazole rings is 1. The minimum Gasteiger partial charge on any atom is -0.507 e. The fraction of sp³-hybridized carbons (Fsp3) is 0.300. The SMILES string of the molecule is [2H]C([2H])([2H])c1cc(-c2c(C(C)C)cccc2C([2H])(C)C)ccc1-n1c(-c2cc(C(C)C)cc(C(C)C)c2O)nc2c(-c3[c-]c(-c4cc(-c5ccc(C)cc5)ccn4)cc(C(C)(C)C)c3)cccc21.[Pt]. The number of para-hydroxylation sites is 1. The van der Waals surface area contributed by atoms with Crippen LogP contribution in [0.3, 0.4) is 0 Å². The van der Waals surface area contributed by atoms with Gasteiger partial charge in [0.1, 0.15) is 11.6 Å². The molecule has 8 aromatic rings. The van der Waals surface area contributed by atoms with E-state index in [2.05, 4.69) is 130 Å². The van der Waals surface area contributed by atoms with Crippen molar-refractivity contribution in [2.24, 2.45) is 0 Å². The van der Waals surface area contributed by atoms with E-state index in [1.54, 1.807) is 6.07 Å². The van der Waals surface area contributed by atoms with Crippen LogP contribution in [0.2, 0.25) is 0 Å². The summed E-state index contributed by atoms with van der Waals surface area (Å²) in [6.45, 7) is 22.5. The summed E-state index contributed by atoms with van der Waals surface area (Å²) in [7, 11) is 0. The van der Waals surface area contributed by atoms with E-state index in [0.29, 0.717) is 28.1 Å². The van der Waals surface area contributed by atoms with Crippen molar-refractivity contribution in [1.82, 2.24) is 14.5 Å². The molecule has 1 N–H and O–H groups in total. The van der Waals surface area contributed by atoms with E-state index < -0.39 is 12.7 Å². The van der Waals surface area contributed by atoms with Crippen LogP contribution >= 0.6 is 0 Å². The smallest absolute Gasteiger partial charge is 0.148 e. The first kappa shape index (κ1) is 42.1. The molecular formula is C60H64N3OPt-. The fourth-order valence-electron chi connectivity index (χ4n) is 8.83. The summed E-state index contributed by atoms with van der Waals surface area (Å²) in [5, 5.41) is 12.3. The fourth-order valence-corrected chi connectivity index (χ4v) is 8.83. The van der Waals surface area contributed by atoms with Gasteiger partial charge in [0.05, 0.1) is 22.3 Å². The molecule has 0 spiro atoms. The average molecular weight is 1040 g/mol. The van der Waals surface area contributed by atoms with Crippen molar-refractivity contribution in [2.75, 3.05) is 0 Å². The number of aryl methyl sites for hydroxylation is 2. The Balaban J connectivity index is 0.00000703. The van der Waals surface area contributed by atoms with E-state index >= 15 is 0 Å². The number of aromatic nitrogens is 3. The van der Waals surface area contributed by atoms with Gasteiger partial charge in [0.15, 0.2) is 0 Å². The van der Waals surface area contributed by atoms with Gasteiger partial charge >= 0.3 is 0 Å². The van der Waals surface area contributed by atoms with Crippen LogP contribution in [-0.2, 0) is 26.5 Å². The van der Waals surface area contributed by atoms with Crippen LogP contribution < -0.4 is 0 Å². The zero-order valence-electron chi connectivity index (χ0n) is 43.9. The van der Waals surface area contributed by atoms with Crippen LogP contribution in [0.4, 0.5) is 0 Å². The maximum atomic E-state index is 12.3. The number of benzene rings is 6. The standard InChI is InChI=1S/C60H64N3O.Pt/c1-35(2)44-32-51(38(7)8)58(64)52(33-44)59-62-57-50(45-29-46(31-47(30-45)60(11,12)13)53-34-42(26-27-61-53)41-22-20-39(9)21-23-41)18-15-19-55(57)63(59)54-25-24-43(28-40(54)10)56-48(36(3)4)16-14-17-49(56)37(5)6;/h14-28,30-38,64H,1-13H3;/q-1;/i10D3,36D;. The molecule has 2 aromatic heterocycles. The molecule has 4 nitrogen and oxygen atoms in total. The average Bonchev–Trinajstić information content (AvgIpc) is 3.67. The van der Waals surface area contributed by atoms with Crippen LogP contribution in [0.5, 0.6) is 5.75 Å². The molecule has 0 aliphatic carbocycles. The zero-order valence-corrected chi connectivity index (χ0v) is 42.2. The first-order chi connectivity index (χ1) is 31.9. The number of hydrogen-bond donors (Lipinski definition) is 1. The Kier molecular flexibility index (Phi) is 12.1. The molecule has 0 aliphatic heterocycles. The Bertz CT molecular complexity index is 3190.